The van der Waals surface area contributed by atoms with E-state index in [1.165, 1.54) is 12.1 Å². The first-order valence-corrected chi connectivity index (χ1v) is 4.82. The number of anilines is 1. The Morgan fingerprint density at radius 2 is 2.29 bits per heavy atom. The Balaban J connectivity index is 2.13. The zero-order chi connectivity index (χ0) is 12.3. The fraction of sp³-hybridized carbons (Fsp3) is 0.100. The number of aromatic nitrogens is 2. The average molecular weight is 236 g/mol. The molecule has 0 amide bonds. The Kier molecular flexibility index (Phi) is 2.99. The number of nitrogens with one attached hydrogen (secondary N) is 2. The summed E-state index contributed by atoms with van der Waals surface area (Å²) < 4.78 is 13.1. The fourth-order valence-corrected chi connectivity index (χ4v) is 1.36. The van der Waals surface area contributed by atoms with Crippen molar-refractivity contribution >= 4 is 11.4 Å². The van der Waals surface area contributed by atoms with E-state index in [-0.39, 0.29) is 5.69 Å². The number of nitrogens with zero attached hydrogens (tertiary/aromatic N) is 2. The maximum Gasteiger partial charge on any atom is 0.274 e. The van der Waals surface area contributed by atoms with Crippen LogP contribution in [0.5, 0.6) is 0 Å². The second-order valence-electron chi connectivity index (χ2n) is 3.34. The molecular formula is C10H9FN4O2. The van der Waals surface area contributed by atoms with E-state index in [9.17, 15) is 14.5 Å². The van der Waals surface area contributed by atoms with E-state index in [2.05, 4.69) is 15.3 Å². The quantitative estimate of drug-likeness (QED) is 0.628. The predicted molar refractivity (Wildman–Crippen MR) is 59.0 cm³/mol. The summed E-state index contributed by atoms with van der Waals surface area (Å²) in [6.45, 7) is 0.341. The number of nitro benzene ring substituents is 1. The summed E-state index contributed by atoms with van der Waals surface area (Å²) in [6, 6.07) is 3.33. The Bertz CT molecular complexity index is 527. The van der Waals surface area contributed by atoms with E-state index < -0.39 is 10.7 Å². The number of aromatic amines is 1. The van der Waals surface area contributed by atoms with Crippen LogP contribution < -0.4 is 5.32 Å². The Morgan fingerprint density at radius 1 is 1.47 bits per heavy atom. The molecule has 0 saturated carbocycles. The van der Waals surface area contributed by atoms with Crippen molar-refractivity contribution in [3.63, 3.8) is 0 Å². The van der Waals surface area contributed by atoms with Crippen molar-refractivity contribution in [1.29, 1.82) is 0 Å². The molecule has 1 aromatic carbocycles. The van der Waals surface area contributed by atoms with Gasteiger partial charge in [-0.2, -0.15) is 0 Å². The molecule has 0 atom stereocenters. The molecule has 0 unspecified atom stereocenters. The number of hydrogen-bond donors (Lipinski definition) is 2. The molecule has 0 aliphatic heterocycles. The third kappa shape index (κ3) is 2.77. The minimum absolute atomic E-state index is 0.285. The van der Waals surface area contributed by atoms with Crippen LogP contribution >= 0.6 is 0 Å². The summed E-state index contributed by atoms with van der Waals surface area (Å²) in [6.07, 6.45) is 3.25. The molecule has 2 rings (SSSR count). The molecule has 88 valence electrons. The van der Waals surface area contributed by atoms with Crippen LogP contribution in [0.2, 0.25) is 0 Å². The number of benzene rings is 1. The minimum atomic E-state index is -0.652. The standard InChI is InChI=1S/C10H9FN4O2/c11-7-3-8(5-9(4-7)15(16)17)14-6-10-12-1-2-13-10/h1-5,14H,6H2,(H,12,13). The van der Waals surface area contributed by atoms with Gasteiger partial charge in [0, 0.05) is 24.1 Å². The van der Waals surface area contributed by atoms with Crippen LogP contribution in [-0.4, -0.2) is 14.9 Å². The second-order valence-corrected chi connectivity index (χ2v) is 3.34. The fourth-order valence-electron chi connectivity index (χ4n) is 1.36. The summed E-state index contributed by atoms with van der Waals surface area (Å²) >= 11 is 0. The van der Waals surface area contributed by atoms with E-state index in [0.29, 0.717) is 18.1 Å². The highest BCUT2D eigenvalue weighted by Crippen LogP contribution is 2.20. The SMILES string of the molecule is O=[N+]([O-])c1cc(F)cc(NCc2ncc[nH]2)c1. The molecule has 17 heavy (non-hydrogen) atoms. The first-order chi connectivity index (χ1) is 8.15. The summed E-state index contributed by atoms with van der Waals surface area (Å²) in [5.74, 6) is 0.0121. The second kappa shape index (κ2) is 4.60. The maximum absolute atomic E-state index is 13.1. The molecule has 1 heterocycles. The van der Waals surface area contributed by atoms with Crippen molar-refractivity contribution in [2.24, 2.45) is 0 Å². The number of nitro groups is 1. The molecule has 2 N–H and O–H groups in total. The lowest BCUT2D eigenvalue weighted by Gasteiger charge is -2.04. The third-order valence-electron chi connectivity index (χ3n) is 2.11. The van der Waals surface area contributed by atoms with Crippen LogP contribution in [0.3, 0.4) is 0 Å². The maximum atomic E-state index is 13.1. The van der Waals surface area contributed by atoms with Crippen LogP contribution in [0, 0.1) is 15.9 Å². The van der Waals surface area contributed by atoms with Crippen molar-refractivity contribution < 1.29 is 9.31 Å². The zero-order valence-corrected chi connectivity index (χ0v) is 8.68. The summed E-state index contributed by atoms with van der Waals surface area (Å²) in [7, 11) is 0. The van der Waals surface area contributed by atoms with Crippen LogP contribution in [0.15, 0.2) is 30.6 Å². The number of imidazole rings is 1. The molecule has 0 spiro atoms. The van der Waals surface area contributed by atoms with Gasteiger partial charge >= 0.3 is 0 Å². The molecule has 0 fully saturated rings. The van der Waals surface area contributed by atoms with Crippen molar-refractivity contribution in [2.45, 2.75) is 6.54 Å². The van der Waals surface area contributed by atoms with Crippen molar-refractivity contribution in [3.8, 4) is 0 Å². The van der Waals surface area contributed by atoms with Crippen molar-refractivity contribution in [2.75, 3.05) is 5.32 Å². The Labute approximate surface area is 95.7 Å². The topological polar surface area (TPSA) is 83.8 Å². The molecule has 0 saturated heterocycles. The Hall–Kier alpha value is -2.44. The van der Waals surface area contributed by atoms with E-state index in [0.717, 1.165) is 6.07 Å². The van der Waals surface area contributed by atoms with Gasteiger partial charge in [0.25, 0.3) is 5.69 Å². The third-order valence-corrected chi connectivity index (χ3v) is 2.11. The van der Waals surface area contributed by atoms with Gasteiger partial charge in [0.05, 0.1) is 17.5 Å². The highest BCUT2D eigenvalue weighted by Gasteiger charge is 2.09. The average Bonchev–Trinajstić information content (AvgIpc) is 2.78. The molecular weight excluding hydrogens is 227 g/mol. The predicted octanol–water partition coefficient (Wildman–Crippen LogP) is 2.07. The van der Waals surface area contributed by atoms with E-state index in [4.69, 9.17) is 0 Å². The van der Waals surface area contributed by atoms with Crippen LogP contribution in [0.4, 0.5) is 15.8 Å². The van der Waals surface area contributed by atoms with Gasteiger partial charge in [-0.25, -0.2) is 9.37 Å². The first kappa shape index (κ1) is 11.1. The van der Waals surface area contributed by atoms with Gasteiger partial charge in [-0.05, 0) is 6.07 Å². The minimum Gasteiger partial charge on any atom is -0.378 e. The lowest BCUT2D eigenvalue weighted by atomic mass is 10.2. The molecule has 0 bridgehead atoms. The van der Waals surface area contributed by atoms with Gasteiger partial charge in [-0.3, -0.25) is 10.1 Å². The van der Waals surface area contributed by atoms with E-state index >= 15 is 0 Å². The number of halogens is 1. The summed E-state index contributed by atoms with van der Waals surface area (Å²) in [5.41, 5.74) is 0.0556. The van der Waals surface area contributed by atoms with Crippen LogP contribution in [0.1, 0.15) is 5.82 Å². The highest BCUT2D eigenvalue weighted by atomic mass is 19.1. The zero-order valence-electron chi connectivity index (χ0n) is 8.68. The highest BCUT2D eigenvalue weighted by molar-refractivity contribution is 5.51. The van der Waals surface area contributed by atoms with Crippen molar-refractivity contribution in [1.82, 2.24) is 9.97 Å². The normalized spacial score (nSPS) is 10.2. The number of rotatable bonds is 4. The summed E-state index contributed by atoms with van der Waals surface area (Å²) in [4.78, 5) is 16.7. The van der Waals surface area contributed by atoms with Crippen LogP contribution in [-0.2, 0) is 6.54 Å². The number of non-ortho nitro benzene ring substituents is 1. The van der Waals surface area contributed by atoms with Gasteiger partial charge in [-0.15, -0.1) is 0 Å². The molecule has 0 radical (unpaired) electrons. The van der Waals surface area contributed by atoms with Crippen molar-refractivity contribution in [3.05, 3.63) is 52.3 Å². The lowest BCUT2D eigenvalue weighted by molar-refractivity contribution is -0.385. The van der Waals surface area contributed by atoms with Gasteiger partial charge in [0.1, 0.15) is 11.6 Å². The molecule has 1 aromatic heterocycles. The number of H-pyrrole nitrogens is 1. The van der Waals surface area contributed by atoms with Gasteiger partial charge in [-0.1, -0.05) is 0 Å². The van der Waals surface area contributed by atoms with E-state index in [1.807, 2.05) is 0 Å². The van der Waals surface area contributed by atoms with Gasteiger partial charge in [0.2, 0.25) is 0 Å². The van der Waals surface area contributed by atoms with Gasteiger partial charge < -0.3 is 10.3 Å². The molecule has 7 heteroatoms. The monoisotopic (exact) mass is 236 g/mol. The smallest absolute Gasteiger partial charge is 0.274 e. The summed E-state index contributed by atoms with van der Waals surface area (Å²) in [5, 5.41) is 13.4. The largest absolute Gasteiger partial charge is 0.378 e. The van der Waals surface area contributed by atoms with Crippen LogP contribution in [0.25, 0.3) is 0 Å². The Morgan fingerprint density at radius 3 is 2.94 bits per heavy atom. The number of hydrogen-bond acceptors (Lipinski definition) is 4. The molecule has 0 aliphatic carbocycles. The molecule has 2 aromatic rings. The first-order valence-electron chi connectivity index (χ1n) is 4.82. The lowest BCUT2D eigenvalue weighted by Crippen LogP contribution is -2.02. The van der Waals surface area contributed by atoms with E-state index in [1.54, 1.807) is 12.4 Å². The molecule has 0 aliphatic rings. The van der Waals surface area contributed by atoms with Gasteiger partial charge in [0.15, 0.2) is 0 Å². The molecule has 6 nitrogen and oxygen atoms in total.